The molecule has 1 atom stereocenters. The second-order valence-electron chi connectivity index (χ2n) is 11.6. The summed E-state index contributed by atoms with van der Waals surface area (Å²) in [6.45, 7) is 7.82. The van der Waals surface area contributed by atoms with Crippen LogP contribution in [0.3, 0.4) is 0 Å². The molecule has 0 spiro atoms. The number of rotatable bonds is 13. The summed E-state index contributed by atoms with van der Waals surface area (Å²) in [5.41, 5.74) is 3.79. The van der Waals surface area contributed by atoms with Crippen LogP contribution in [-0.2, 0) is 32.6 Å². The molecule has 0 heterocycles. The molecule has 0 saturated heterocycles. The fraction of sp³-hybridized carbons (Fsp3) is 0.278. The Labute approximate surface area is 271 Å². The third kappa shape index (κ3) is 8.96. The SMILES string of the molecule is Cc1cccc(CN(C(=O)CN(c2ccccc2C)S(=O)(=O)c2ccc(Cl)cc2)[C@@H](Cc2ccccc2)C(=O)NCC(C)C)c1. The van der Waals surface area contributed by atoms with Gasteiger partial charge in [0.15, 0.2) is 0 Å². The average molecular weight is 646 g/mol. The van der Waals surface area contributed by atoms with Crippen molar-refractivity contribution in [2.75, 3.05) is 17.4 Å². The van der Waals surface area contributed by atoms with E-state index in [-0.39, 0.29) is 29.7 Å². The van der Waals surface area contributed by atoms with Crippen molar-refractivity contribution in [1.82, 2.24) is 10.2 Å². The van der Waals surface area contributed by atoms with E-state index in [0.717, 1.165) is 21.0 Å². The van der Waals surface area contributed by atoms with Crippen LogP contribution in [0.4, 0.5) is 5.69 Å². The first kappa shape index (κ1) is 33.7. The predicted molar refractivity (Wildman–Crippen MR) is 181 cm³/mol. The van der Waals surface area contributed by atoms with Crippen molar-refractivity contribution in [3.8, 4) is 0 Å². The van der Waals surface area contributed by atoms with E-state index < -0.39 is 28.5 Å². The lowest BCUT2D eigenvalue weighted by molar-refractivity contribution is -0.140. The molecule has 7 nitrogen and oxygen atoms in total. The molecule has 0 unspecified atom stereocenters. The van der Waals surface area contributed by atoms with Crippen LogP contribution in [0, 0.1) is 19.8 Å². The van der Waals surface area contributed by atoms with E-state index in [1.807, 2.05) is 81.4 Å². The summed E-state index contributed by atoms with van der Waals surface area (Å²) in [7, 11) is -4.20. The Hall–Kier alpha value is -4.14. The Morgan fingerprint density at radius 3 is 2.11 bits per heavy atom. The molecule has 0 bridgehead atoms. The van der Waals surface area contributed by atoms with Gasteiger partial charge in [0.25, 0.3) is 10.0 Å². The summed E-state index contributed by atoms with van der Waals surface area (Å²) in [5.74, 6) is -0.595. The number of nitrogens with zero attached hydrogens (tertiary/aromatic N) is 2. The minimum Gasteiger partial charge on any atom is -0.354 e. The van der Waals surface area contributed by atoms with Crippen LogP contribution in [0.1, 0.15) is 36.1 Å². The van der Waals surface area contributed by atoms with Crippen molar-refractivity contribution in [1.29, 1.82) is 0 Å². The van der Waals surface area contributed by atoms with Gasteiger partial charge in [0, 0.05) is 24.5 Å². The van der Waals surface area contributed by atoms with Gasteiger partial charge in [0.05, 0.1) is 10.6 Å². The highest BCUT2D eigenvalue weighted by Gasteiger charge is 2.35. The van der Waals surface area contributed by atoms with Crippen molar-refractivity contribution in [2.24, 2.45) is 5.92 Å². The van der Waals surface area contributed by atoms with Crippen molar-refractivity contribution < 1.29 is 18.0 Å². The zero-order chi connectivity index (χ0) is 32.6. The molecule has 0 aliphatic carbocycles. The van der Waals surface area contributed by atoms with Gasteiger partial charge in [-0.3, -0.25) is 13.9 Å². The molecular weight excluding hydrogens is 606 g/mol. The van der Waals surface area contributed by atoms with E-state index in [1.54, 1.807) is 25.1 Å². The largest absolute Gasteiger partial charge is 0.354 e. The Kier molecular flexibility index (Phi) is 11.4. The number of sulfonamides is 1. The summed E-state index contributed by atoms with van der Waals surface area (Å²) in [6, 6.07) is 29.3. The smallest absolute Gasteiger partial charge is 0.264 e. The van der Waals surface area contributed by atoms with Crippen LogP contribution in [0.25, 0.3) is 0 Å². The van der Waals surface area contributed by atoms with E-state index in [4.69, 9.17) is 11.6 Å². The molecule has 0 aromatic heterocycles. The number of para-hydroxylation sites is 1. The van der Waals surface area contributed by atoms with Crippen molar-refractivity contribution in [3.05, 3.63) is 130 Å². The number of anilines is 1. The van der Waals surface area contributed by atoms with Crippen molar-refractivity contribution in [2.45, 2.75) is 51.6 Å². The Morgan fingerprint density at radius 1 is 0.822 bits per heavy atom. The predicted octanol–water partition coefficient (Wildman–Crippen LogP) is 6.56. The molecule has 2 amide bonds. The number of hydrogen-bond donors (Lipinski definition) is 1. The Balaban J connectivity index is 1.81. The van der Waals surface area contributed by atoms with Crippen LogP contribution < -0.4 is 9.62 Å². The zero-order valence-corrected chi connectivity index (χ0v) is 27.7. The minimum atomic E-state index is -4.20. The molecule has 4 aromatic carbocycles. The third-order valence-electron chi connectivity index (χ3n) is 7.46. The lowest BCUT2D eigenvalue weighted by Gasteiger charge is -2.34. The van der Waals surface area contributed by atoms with Gasteiger partial charge in [-0.2, -0.15) is 0 Å². The molecular formula is C36H40ClN3O4S. The first-order valence-electron chi connectivity index (χ1n) is 15.0. The summed E-state index contributed by atoms with van der Waals surface area (Å²) < 4.78 is 29.5. The van der Waals surface area contributed by atoms with Gasteiger partial charge in [-0.25, -0.2) is 8.42 Å². The number of hydrogen-bond acceptors (Lipinski definition) is 4. The number of carbonyl (C=O) groups is 2. The highest BCUT2D eigenvalue weighted by Crippen LogP contribution is 2.28. The molecule has 0 aliphatic rings. The molecule has 1 N–H and O–H groups in total. The number of amides is 2. The molecule has 0 radical (unpaired) electrons. The molecule has 4 rings (SSSR count). The number of nitrogens with one attached hydrogen (secondary N) is 1. The van der Waals surface area contributed by atoms with Gasteiger partial charge in [-0.15, -0.1) is 0 Å². The molecule has 4 aromatic rings. The second-order valence-corrected chi connectivity index (χ2v) is 13.9. The zero-order valence-electron chi connectivity index (χ0n) is 26.1. The van der Waals surface area contributed by atoms with E-state index in [0.29, 0.717) is 22.8 Å². The van der Waals surface area contributed by atoms with Crippen LogP contribution in [0.2, 0.25) is 5.02 Å². The highest BCUT2D eigenvalue weighted by molar-refractivity contribution is 7.92. The fourth-order valence-corrected chi connectivity index (χ4v) is 6.68. The molecule has 0 fully saturated rings. The molecule has 9 heteroatoms. The maximum absolute atomic E-state index is 14.6. The quantitative estimate of drug-likeness (QED) is 0.178. The van der Waals surface area contributed by atoms with Crippen molar-refractivity contribution >= 4 is 39.1 Å². The molecule has 0 saturated carbocycles. The van der Waals surface area contributed by atoms with Crippen LogP contribution in [0.15, 0.2) is 108 Å². The summed E-state index contributed by atoms with van der Waals surface area (Å²) in [4.78, 5) is 29.9. The number of halogens is 1. The third-order valence-corrected chi connectivity index (χ3v) is 9.48. The van der Waals surface area contributed by atoms with Crippen LogP contribution in [0.5, 0.6) is 0 Å². The fourth-order valence-electron chi connectivity index (χ4n) is 5.07. The number of carbonyl (C=O) groups excluding carboxylic acids is 2. The lowest BCUT2D eigenvalue weighted by atomic mass is 10.0. The summed E-state index contributed by atoms with van der Waals surface area (Å²) in [6.07, 6.45) is 0.261. The summed E-state index contributed by atoms with van der Waals surface area (Å²) >= 11 is 6.07. The molecule has 236 valence electrons. The monoisotopic (exact) mass is 645 g/mol. The maximum Gasteiger partial charge on any atom is 0.264 e. The van der Waals surface area contributed by atoms with Gasteiger partial charge in [0.1, 0.15) is 12.6 Å². The second kappa shape index (κ2) is 15.2. The minimum absolute atomic E-state index is 0.00343. The number of aryl methyl sites for hydroxylation is 2. The Morgan fingerprint density at radius 2 is 1.47 bits per heavy atom. The normalized spacial score (nSPS) is 12.0. The highest BCUT2D eigenvalue weighted by atomic mass is 35.5. The van der Waals surface area contributed by atoms with Gasteiger partial charge in [-0.05, 0) is 66.8 Å². The van der Waals surface area contributed by atoms with Gasteiger partial charge >= 0.3 is 0 Å². The van der Waals surface area contributed by atoms with E-state index in [9.17, 15) is 18.0 Å². The standard InChI is InChI=1S/C36H40ClN3O4S/c1-26(2)23-38-36(42)34(22-29-13-6-5-7-14-29)39(24-30-15-10-11-27(3)21-30)35(41)25-40(33-16-9-8-12-28(33)4)45(43,44)32-19-17-31(37)18-20-32/h5-21,26,34H,22-25H2,1-4H3,(H,38,42)/t34-/m0/s1. The topological polar surface area (TPSA) is 86.8 Å². The van der Waals surface area contributed by atoms with E-state index in [2.05, 4.69) is 5.32 Å². The van der Waals surface area contributed by atoms with E-state index in [1.165, 1.54) is 29.2 Å². The first-order chi connectivity index (χ1) is 21.5. The van der Waals surface area contributed by atoms with Crippen molar-refractivity contribution in [3.63, 3.8) is 0 Å². The average Bonchev–Trinajstić information content (AvgIpc) is 3.01. The molecule has 45 heavy (non-hydrogen) atoms. The maximum atomic E-state index is 14.6. The van der Waals surface area contributed by atoms with Crippen LogP contribution in [-0.4, -0.2) is 44.3 Å². The van der Waals surface area contributed by atoms with E-state index >= 15 is 0 Å². The van der Waals surface area contributed by atoms with Gasteiger partial charge in [0.2, 0.25) is 11.8 Å². The molecule has 0 aliphatic heterocycles. The number of benzene rings is 4. The lowest BCUT2D eigenvalue weighted by Crippen LogP contribution is -2.53. The van der Waals surface area contributed by atoms with Crippen LogP contribution >= 0.6 is 11.6 Å². The van der Waals surface area contributed by atoms with Gasteiger partial charge < -0.3 is 10.2 Å². The first-order valence-corrected chi connectivity index (χ1v) is 16.8. The Bertz CT molecular complexity index is 1710. The van der Waals surface area contributed by atoms with Gasteiger partial charge in [-0.1, -0.05) is 104 Å². The summed E-state index contributed by atoms with van der Waals surface area (Å²) in [5, 5.41) is 3.41.